The molecule has 1 aliphatic heterocycles. The topological polar surface area (TPSA) is 50.8 Å². The minimum atomic E-state index is -0.0459. The maximum Gasteiger partial charge on any atom is 0.318 e. The van der Waals surface area contributed by atoms with Crippen LogP contribution in [-0.2, 0) is 9.47 Å². The first-order valence-electron chi connectivity index (χ1n) is 8.24. The summed E-state index contributed by atoms with van der Waals surface area (Å²) in [5.74, 6) is 0.316. The van der Waals surface area contributed by atoms with Gasteiger partial charge in [0.05, 0.1) is 31.9 Å². The van der Waals surface area contributed by atoms with Crippen LogP contribution >= 0.6 is 0 Å². The van der Waals surface area contributed by atoms with Gasteiger partial charge in [0.2, 0.25) is 0 Å². The SMILES string of the molecule is COC[C@@H]1CN(C(=O)N[C@H](c2ccccc2C)C(C)C)CCO1. The average molecular weight is 320 g/mol. The number of ether oxygens (including phenoxy) is 2. The van der Waals surface area contributed by atoms with E-state index in [1.807, 2.05) is 17.0 Å². The lowest BCUT2D eigenvalue weighted by Gasteiger charge is -2.34. The predicted octanol–water partition coefficient (Wildman–Crippen LogP) is 2.75. The molecule has 0 aromatic heterocycles. The number of hydrogen-bond donors (Lipinski definition) is 1. The molecule has 2 rings (SSSR count). The molecule has 0 aliphatic carbocycles. The maximum absolute atomic E-state index is 12.7. The Bertz CT molecular complexity index is 517. The van der Waals surface area contributed by atoms with E-state index in [1.54, 1.807) is 7.11 Å². The molecule has 1 aromatic carbocycles. The van der Waals surface area contributed by atoms with Gasteiger partial charge in [-0.15, -0.1) is 0 Å². The molecular weight excluding hydrogens is 292 g/mol. The van der Waals surface area contributed by atoms with Crippen molar-refractivity contribution in [2.45, 2.75) is 32.9 Å². The molecule has 5 nitrogen and oxygen atoms in total. The summed E-state index contributed by atoms with van der Waals surface area (Å²) in [5, 5.41) is 3.20. The Labute approximate surface area is 139 Å². The lowest BCUT2D eigenvalue weighted by Crippen LogP contribution is -2.51. The van der Waals surface area contributed by atoms with Crippen molar-refractivity contribution < 1.29 is 14.3 Å². The van der Waals surface area contributed by atoms with Gasteiger partial charge in [-0.1, -0.05) is 38.1 Å². The van der Waals surface area contributed by atoms with Crippen molar-refractivity contribution in [3.63, 3.8) is 0 Å². The van der Waals surface area contributed by atoms with Crippen LogP contribution in [0.25, 0.3) is 0 Å². The molecule has 5 heteroatoms. The Morgan fingerprint density at radius 1 is 1.43 bits per heavy atom. The molecule has 23 heavy (non-hydrogen) atoms. The molecule has 1 N–H and O–H groups in total. The van der Waals surface area contributed by atoms with Crippen LogP contribution in [0.1, 0.15) is 31.0 Å². The highest BCUT2D eigenvalue weighted by atomic mass is 16.5. The van der Waals surface area contributed by atoms with Gasteiger partial charge in [-0.3, -0.25) is 0 Å². The highest BCUT2D eigenvalue weighted by Crippen LogP contribution is 2.25. The van der Waals surface area contributed by atoms with Crippen LogP contribution in [0, 0.1) is 12.8 Å². The Kier molecular flexibility index (Phi) is 6.42. The molecule has 0 unspecified atom stereocenters. The lowest BCUT2D eigenvalue weighted by molar-refractivity contribution is -0.0497. The van der Waals surface area contributed by atoms with E-state index >= 15 is 0 Å². The van der Waals surface area contributed by atoms with Crippen molar-refractivity contribution in [3.05, 3.63) is 35.4 Å². The van der Waals surface area contributed by atoms with Crippen LogP contribution < -0.4 is 5.32 Å². The highest BCUT2D eigenvalue weighted by Gasteiger charge is 2.27. The number of urea groups is 1. The van der Waals surface area contributed by atoms with E-state index in [0.717, 1.165) is 0 Å². The fraction of sp³-hybridized carbons (Fsp3) is 0.611. The molecule has 1 heterocycles. The number of aryl methyl sites for hydroxylation is 1. The third kappa shape index (κ3) is 4.69. The first-order valence-corrected chi connectivity index (χ1v) is 8.24. The smallest absolute Gasteiger partial charge is 0.318 e. The zero-order valence-electron chi connectivity index (χ0n) is 14.5. The summed E-state index contributed by atoms with van der Waals surface area (Å²) in [7, 11) is 1.65. The van der Waals surface area contributed by atoms with Crippen LogP contribution in [-0.4, -0.2) is 50.4 Å². The second-order valence-corrected chi connectivity index (χ2v) is 6.42. The van der Waals surface area contributed by atoms with Crippen LogP contribution in [0.2, 0.25) is 0 Å². The highest BCUT2D eigenvalue weighted by molar-refractivity contribution is 5.75. The summed E-state index contributed by atoms with van der Waals surface area (Å²) >= 11 is 0. The van der Waals surface area contributed by atoms with Gasteiger partial charge in [-0.2, -0.15) is 0 Å². The van der Waals surface area contributed by atoms with E-state index in [2.05, 4.69) is 38.2 Å². The van der Waals surface area contributed by atoms with Gasteiger partial charge in [-0.25, -0.2) is 4.79 Å². The van der Waals surface area contributed by atoms with Gasteiger partial charge in [0.1, 0.15) is 0 Å². The first kappa shape index (κ1) is 17.8. The molecule has 0 spiro atoms. The van der Waals surface area contributed by atoms with E-state index < -0.39 is 0 Å². The van der Waals surface area contributed by atoms with E-state index in [0.29, 0.717) is 32.2 Å². The normalized spacial score (nSPS) is 19.7. The second-order valence-electron chi connectivity index (χ2n) is 6.42. The molecule has 0 radical (unpaired) electrons. The minimum Gasteiger partial charge on any atom is -0.382 e. The molecule has 1 aromatic rings. The summed E-state index contributed by atoms with van der Waals surface area (Å²) < 4.78 is 10.7. The monoisotopic (exact) mass is 320 g/mol. The fourth-order valence-electron chi connectivity index (χ4n) is 2.95. The van der Waals surface area contributed by atoms with Crippen molar-refractivity contribution in [2.24, 2.45) is 5.92 Å². The second kappa shape index (κ2) is 8.31. The quantitative estimate of drug-likeness (QED) is 0.907. The van der Waals surface area contributed by atoms with Gasteiger partial charge < -0.3 is 19.7 Å². The molecule has 0 saturated carbocycles. The minimum absolute atomic E-state index is 0.00687. The van der Waals surface area contributed by atoms with Crippen molar-refractivity contribution in [1.82, 2.24) is 10.2 Å². The van der Waals surface area contributed by atoms with E-state index in [9.17, 15) is 4.79 Å². The number of benzene rings is 1. The number of nitrogens with zero attached hydrogens (tertiary/aromatic N) is 1. The summed E-state index contributed by atoms with van der Waals surface area (Å²) in [6.45, 7) is 8.59. The molecule has 2 atom stereocenters. The lowest BCUT2D eigenvalue weighted by atomic mass is 9.93. The maximum atomic E-state index is 12.7. The first-order chi connectivity index (χ1) is 11.0. The van der Waals surface area contributed by atoms with Crippen LogP contribution in [0.3, 0.4) is 0 Å². The number of nitrogens with one attached hydrogen (secondary N) is 1. The Morgan fingerprint density at radius 2 is 2.17 bits per heavy atom. The number of amides is 2. The standard InChI is InChI=1S/C18H28N2O3/c1-13(2)17(16-8-6-5-7-14(16)3)19-18(21)20-9-10-23-15(11-20)12-22-4/h5-8,13,15,17H,9-12H2,1-4H3,(H,19,21)/t15-,17-/m0/s1. The molecular formula is C18H28N2O3. The fourth-order valence-corrected chi connectivity index (χ4v) is 2.95. The zero-order chi connectivity index (χ0) is 16.8. The summed E-state index contributed by atoms with van der Waals surface area (Å²) in [6, 6.07) is 8.19. The van der Waals surface area contributed by atoms with Crippen molar-refractivity contribution >= 4 is 6.03 Å². The Morgan fingerprint density at radius 3 is 2.83 bits per heavy atom. The molecule has 128 valence electrons. The van der Waals surface area contributed by atoms with Crippen molar-refractivity contribution in [2.75, 3.05) is 33.4 Å². The van der Waals surface area contributed by atoms with Gasteiger partial charge in [-0.05, 0) is 24.0 Å². The Balaban J connectivity index is 2.05. The summed E-state index contributed by atoms with van der Waals surface area (Å²) in [6.07, 6.45) is -0.0459. The number of hydrogen-bond acceptors (Lipinski definition) is 3. The van der Waals surface area contributed by atoms with Gasteiger partial charge in [0, 0.05) is 13.7 Å². The molecule has 2 amide bonds. The van der Waals surface area contributed by atoms with Crippen molar-refractivity contribution in [3.8, 4) is 0 Å². The molecule has 0 bridgehead atoms. The third-order valence-corrected chi connectivity index (χ3v) is 4.25. The van der Waals surface area contributed by atoms with E-state index in [4.69, 9.17) is 9.47 Å². The number of morpholine rings is 1. The number of carbonyl (C=O) groups excluding carboxylic acids is 1. The number of rotatable bonds is 5. The molecule has 1 fully saturated rings. The number of methoxy groups -OCH3 is 1. The van der Waals surface area contributed by atoms with Gasteiger partial charge >= 0.3 is 6.03 Å². The van der Waals surface area contributed by atoms with E-state index in [1.165, 1.54) is 11.1 Å². The summed E-state index contributed by atoms with van der Waals surface area (Å²) in [5.41, 5.74) is 2.38. The molecule has 1 saturated heterocycles. The zero-order valence-corrected chi connectivity index (χ0v) is 14.5. The average Bonchev–Trinajstić information content (AvgIpc) is 2.53. The third-order valence-electron chi connectivity index (χ3n) is 4.25. The number of carbonyl (C=O) groups is 1. The van der Waals surface area contributed by atoms with Gasteiger partial charge in [0.25, 0.3) is 0 Å². The summed E-state index contributed by atoms with van der Waals surface area (Å²) in [4.78, 5) is 14.5. The van der Waals surface area contributed by atoms with Crippen molar-refractivity contribution in [1.29, 1.82) is 0 Å². The van der Waals surface area contributed by atoms with Crippen LogP contribution in [0.15, 0.2) is 24.3 Å². The predicted molar refractivity (Wildman–Crippen MR) is 90.5 cm³/mol. The largest absolute Gasteiger partial charge is 0.382 e. The van der Waals surface area contributed by atoms with Gasteiger partial charge in [0.15, 0.2) is 0 Å². The van der Waals surface area contributed by atoms with E-state index in [-0.39, 0.29) is 18.2 Å². The Hall–Kier alpha value is -1.59. The van der Waals surface area contributed by atoms with Crippen LogP contribution in [0.4, 0.5) is 4.79 Å². The van der Waals surface area contributed by atoms with Crippen LogP contribution in [0.5, 0.6) is 0 Å². The molecule has 1 aliphatic rings.